The molecule has 0 spiro atoms. The molecule has 0 unspecified atom stereocenters. The summed E-state index contributed by atoms with van der Waals surface area (Å²) in [5.74, 6) is 1.40. The average Bonchev–Trinajstić information content (AvgIpc) is 2.06. The Hall–Kier alpha value is -1.30. The van der Waals surface area contributed by atoms with Crippen LogP contribution >= 0.6 is 11.8 Å². The predicted molar refractivity (Wildman–Crippen MR) is 54.3 cm³/mol. The highest BCUT2D eigenvalue weighted by atomic mass is 32.2. The molecule has 1 aromatic rings. The van der Waals surface area contributed by atoms with Gasteiger partial charge in [0.1, 0.15) is 10.7 Å². The van der Waals surface area contributed by atoms with E-state index < -0.39 is 0 Å². The van der Waals surface area contributed by atoms with E-state index in [0.717, 1.165) is 16.5 Å². The van der Waals surface area contributed by atoms with E-state index in [1.807, 2.05) is 6.92 Å². The molecule has 0 bridgehead atoms. The summed E-state index contributed by atoms with van der Waals surface area (Å²) in [6.07, 6.45) is 0. The van der Waals surface area contributed by atoms with Crippen LogP contribution in [-0.4, -0.2) is 21.4 Å². The first-order valence-corrected chi connectivity index (χ1v) is 4.75. The lowest BCUT2D eigenvalue weighted by Crippen LogP contribution is -2.07. The van der Waals surface area contributed by atoms with Crippen LogP contribution in [0.4, 0.5) is 17.5 Å². The smallest absolute Gasteiger partial charge is 0.223 e. The molecule has 6 heteroatoms. The van der Waals surface area contributed by atoms with Crippen molar-refractivity contribution >= 4 is 34.9 Å². The molecule has 13 heavy (non-hydrogen) atoms. The molecular weight excluding hydrogens is 186 g/mol. The Bertz CT molecular complexity index is 387. The number of anilines is 2. The summed E-state index contributed by atoms with van der Waals surface area (Å²) in [7, 11) is 0. The van der Waals surface area contributed by atoms with E-state index in [0.29, 0.717) is 11.5 Å². The highest BCUT2D eigenvalue weighted by Gasteiger charge is 2.15. The lowest BCUT2D eigenvalue weighted by atomic mass is 10.4. The minimum Gasteiger partial charge on any atom is -0.382 e. The van der Waals surface area contributed by atoms with E-state index in [9.17, 15) is 0 Å². The van der Waals surface area contributed by atoms with Crippen LogP contribution in [0, 0.1) is 0 Å². The van der Waals surface area contributed by atoms with Crippen molar-refractivity contribution in [3.05, 3.63) is 0 Å². The van der Waals surface area contributed by atoms with Crippen molar-refractivity contribution in [2.75, 3.05) is 17.2 Å². The van der Waals surface area contributed by atoms with Gasteiger partial charge in [-0.15, -0.1) is 0 Å². The van der Waals surface area contributed by atoms with Gasteiger partial charge in [-0.2, -0.15) is 4.98 Å². The summed E-state index contributed by atoms with van der Waals surface area (Å²) in [6.45, 7) is 1.95. The average molecular weight is 195 g/mol. The number of hydrogen-bond donors (Lipinski definition) is 2. The fourth-order valence-electron chi connectivity index (χ4n) is 1.07. The molecule has 0 saturated heterocycles. The Morgan fingerprint density at radius 2 is 2.08 bits per heavy atom. The Labute approximate surface area is 79.7 Å². The van der Waals surface area contributed by atoms with Gasteiger partial charge in [-0.25, -0.2) is 4.98 Å². The van der Waals surface area contributed by atoms with Gasteiger partial charge in [0, 0.05) is 11.5 Å². The number of hydrogen-bond acceptors (Lipinski definition) is 6. The monoisotopic (exact) mass is 195 g/mol. The number of nitrogens with two attached hydrogens (primary N) is 2. The van der Waals surface area contributed by atoms with E-state index in [2.05, 4.69) is 15.0 Å². The number of aliphatic imine (C=N–C) groups is 1. The molecular formula is C7H9N5S. The van der Waals surface area contributed by atoms with Gasteiger partial charge < -0.3 is 11.5 Å². The number of nitrogen functional groups attached to an aromatic ring is 2. The Morgan fingerprint density at radius 1 is 1.31 bits per heavy atom. The van der Waals surface area contributed by atoms with Crippen LogP contribution in [0.2, 0.25) is 0 Å². The van der Waals surface area contributed by atoms with Crippen molar-refractivity contribution in [2.24, 2.45) is 4.99 Å². The Balaban J connectivity index is 2.61. The second-order valence-corrected chi connectivity index (χ2v) is 3.72. The number of nitrogens with zero attached hydrogens (tertiary/aromatic N) is 3. The molecule has 0 fully saturated rings. The van der Waals surface area contributed by atoms with E-state index >= 15 is 0 Å². The molecule has 0 aromatic carbocycles. The molecule has 2 rings (SSSR count). The summed E-state index contributed by atoms with van der Waals surface area (Å²) >= 11 is 1.58. The number of aromatic nitrogens is 2. The van der Waals surface area contributed by atoms with Crippen molar-refractivity contribution in [1.29, 1.82) is 0 Å². The minimum atomic E-state index is 0.207. The molecule has 0 amide bonds. The molecule has 1 aliphatic heterocycles. The molecule has 1 aromatic heterocycles. The molecule has 0 saturated carbocycles. The predicted octanol–water partition coefficient (Wildman–Crippen LogP) is 0.839. The first kappa shape index (κ1) is 8.31. The summed E-state index contributed by atoms with van der Waals surface area (Å²) in [4.78, 5) is 12.2. The van der Waals surface area contributed by atoms with Crippen LogP contribution in [-0.2, 0) is 0 Å². The van der Waals surface area contributed by atoms with Crippen molar-refractivity contribution in [1.82, 2.24) is 9.97 Å². The molecule has 68 valence electrons. The van der Waals surface area contributed by atoms with Crippen LogP contribution in [0.15, 0.2) is 10.0 Å². The third-order valence-corrected chi connectivity index (χ3v) is 2.74. The van der Waals surface area contributed by atoms with Crippen molar-refractivity contribution in [2.45, 2.75) is 11.9 Å². The van der Waals surface area contributed by atoms with Gasteiger partial charge in [0.25, 0.3) is 0 Å². The fourth-order valence-corrected chi connectivity index (χ4v) is 1.92. The summed E-state index contributed by atoms with van der Waals surface area (Å²) in [5, 5.41) is 0.774. The van der Waals surface area contributed by atoms with Crippen LogP contribution in [0.5, 0.6) is 0 Å². The van der Waals surface area contributed by atoms with E-state index in [1.165, 1.54) is 0 Å². The maximum absolute atomic E-state index is 5.65. The van der Waals surface area contributed by atoms with E-state index in [4.69, 9.17) is 11.5 Å². The maximum atomic E-state index is 5.65. The highest BCUT2D eigenvalue weighted by molar-refractivity contribution is 8.00. The van der Waals surface area contributed by atoms with Gasteiger partial charge in [-0.05, 0) is 6.92 Å². The van der Waals surface area contributed by atoms with Crippen LogP contribution in [0.25, 0.3) is 0 Å². The highest BCUT2D eigenvalue weighted by Crippen LogP contribution is 2.35. The zero-order valence-corrected chi connectivity index (χ0v) is 7.93. The first-order valence-electron chi connectivity index (χ1n) is 3.77. The van der Waals surface area contributed by atoms with Gasteiger partial charge in [-0.3, -0.25) is 4.99 Å². The molecule has 1 aliphatic rings. The fraction of sp³-hybridized carbons (Fsp3) is 0.286. The van der Waals surface area contributed by atoms with Crippen molar-refractivity contribution in [3.63, 3.8) is 0 Å². The van der Waals surface area contributed by atoms with Crippen LogP contribution < -0.4 is 11.5 Å². The SMILES string of the molecule is CC1=Nc2c(N)nc(N)nc2SC1. The van der Waals surface area contributed by atoms with Gasteiger partial charge in [0.15, 0.2) is 5.82 Å². The zero-order chi connectivity index (χ0) is 9.42. The van der Waals surface area contributed by atoms with Gasteiger partial charge in [-0.1, -0.05) is 11.8 Å². The van der Waals surface area contributed by atoms with Crippen molar-refractivity contribution < 1.29 is 0 Å². The summed E-state index contributed by atoms with van der Waals surface area (Å²) in [5.41, 5.74) is 12.8. The van der Waals surface area contributed by atoms with Gasteiger partial charge in [0.2, 0.25) is 5.95 Å². The second kappa shape index (κ2) is 2.88. The normalized spacial score (nSPS) is 15.0. The molecule has 5 nitrogen and oxygen atoms in total. The molecule has 0 atom stereocenters. The first-order chi connectivity index (χ1) is 6.16. The van der Waals surface area contributed by atoms with Crippen molar-refractivity contribution in [3.8, 4) is 0 Å². The number of rotatable bonds is 0. The topological polar surface area (TPSA) is 90.2 Å². The quantitative estimate of drug-likeness (QED) is 0.598. The van der Waals surface area contributed by atoms with Crippen LogP contribution in [0.3, 0.4) is 0 Å². The molecule has 2 heterocycles. The number of thioether (sulfide) groups is 1. The van der Waals surface area contributed by atoms with Gasteiger partial charge >= 0.3 is 0 Å². The lowest BCUT2D eigenvalue weighted by Gasteiger charge is -2.12. The molecule has 0 radical (unpaired) electrons. The molecule has 0 aliphatic carbocycles. The second-order valence-electron chi connectivity index (χ2n) is 2.76. The van der Waals surface area contributed by atoms with Crippen LogP contribution in [0.1, 0.15) is 6.92 Å². The third-order valence-electron chi connectivity index (χ3n) is 1.62. The Kier molecular flexibility index (Phi) is 1.84. The van der Waals surface area contributed by atoms with E-state index in [-0.39, 0.29) is 5.95 Å². The van der Waals surface area contributed by atoms with Gasteiger partial charge in [0.05, 0.1) is 0 Å². The molecule has 4 N–H and O–H groups in total. The van der Waals surface area contributed by atoms with E-state index in [1.54, 1.807) is 11.8 Å². The summed E-state index contributed by atoms with van der Waals surface area (Å²) < 4.78 is 0. The summed E-state index contributed by atoms with van der Waals surface area (Å²) in [6, 6.07) is 0. The standard InChI is InChI=1S/C7H9N5S/c1-3-2-13-6-4(10-3)5(8)11-7(9)12-6/h2H2,1H3,(H4,8,9,11,12). The maximum Gasteiger partial charge on any atom is 0.223 e. The number of fused-ring (bicyclic) bond motifs is 1. The zero-order valence-electron chi connectivity index (χ0n) is 7.11. The minimum absolute atomic E-state index is 0.207. The Morgan fingerprint density at radius 3 is 2.85 bits per heavy atom. The third kappa shape index (κ3) is 1.44. The lowest BCUT2D eigenvalue weighted by molar-refractivity contribution is 1.06. The largest absolute Gasteiger partial charge is 0.382 e.